The third-order valence-corrected chi connectivity index (χ3v) is 2.02. The maximum Gasteiger partial charge on any atom is 0.337 e. The van der Waals surface area contributed by atoms with E-state index in [1.807, 2.05) is 0 Å². The van der Waals surface area contributed by atoms with Crippen LogP contribution in [0, 0.1) is 0 Å². The van der Waals surface area contributed by atoms with Crippen molar-refractivity contribution in [3.05, 3.63) is 40.9 Å². The van der Waals surface area contributed by atoms with E-state index in [-0.39, 0.29) is 17.2 Å². The van der Waals surface area contributed by atoms with E-state index < -0.39 is 5.97 Å². The number of hydrogen-bond acceptors (Lipinski definition) is 2. The van der Waals surface area contributed by atoms with E-state index in [2.05, 4.69) is 5.32 Å². The maximum absolute atomic E-state index is 11.2. The highest BCUT2D eigenvalue weighted by Crippen LogP contribution is 2.20. The summed E-state index contributed by atoms with van der Waals surface area (Å²) < 4.78 is 0. The van der Waals surface area contributed by atoms with Gasteiger partial charge in [-0.05, 0) is 31.2 Å². The number of hydrogen-bond donors (Lipinski definition) is 2. The second kappa shape index (κ2) is 5.32. The third kappa shape index (κ3) is 3.10. The van der Waals surface area contributed by atoms with E-state index in [1.54, 1.807) is 13.0 Å². The Bertz CT molecular complexity index is 455. The van der Waals surface area contributed by atoms with Gasteiger partial charge in [-0.25, -0.2) is 4.79 Å². The molecule has 0 radical (unpaired) electrons. The molecule has 16 heavy (non-hydrogen) atoms. The molecule has 4 nitrogen and oxygen atoms in total. The van der Waals surface area contributed by atoms with Gasteiger partial charge in [-0.1, -0.05) is 17.7 Å². The number of carboxylic acids is 1. The Morgan fingerprint density at radius 3 is 2.69 bits per heavy atom. The first-order valence-corrected chi connectivity index (χ1v) is 4.89. The average Bonchev–Trinajstić information content (AvgIpc) is 2.20. The quantitative estimate of drug-likeness (QED) is 0.797. The lowest BCUT2D eigenvalue weighted by molar-refractivity contribution is -0.111. The van der Waals surface area contributed by atoms with E-state index >= 15 is 0 Å². The van der Waals surface area contributed by atoms with Crippen molar-refractivity contribution >= 4 is 29.2 Å². The molecule has 0 spiro atoms. The van der Waals surface area contributed by atoms with Crippen LogP contribution in [-0.4, -0.2) is 17.0 Å². The van der Waals surface area contributed by atoms with Gasteiger partial charge in [0, 0.05) is 5.02 Å². The molecule has 84 valence electrons. The van der Waals surface area contributed by atoms with Crippen molar-refractivity contribution in [2.24, 2.45) is 0 Å². The van der Waals surface area contributed by atoms with Crippen molar-refractivity contribution in [1.82, 2.24) is 0 Å². The third-order valence-electron chi connectivity index (χ3n) is 1.79. The van der Waals surface area contributed by atoms with Crippen molar-refractivity contribution in [1.29, 1.82) is 0 Å². The molecular formula is C11H10ClNO3. The number of carbonyl (C=O) groups is 2. The van der Waals surface area contributed by atoms with Gasteiger partial charge in [0.1, 0.15) is 0 Å². The Morgan fingerprint density at radius 2 is 2.12 bits per heavy atom. The SMILES string of the molecule is C/C=C/C(=O)Nc1ccc(Cl)cc1C(=O)O. The summed E-state index contributed by atoms with van der Waals surface area (Å²) in [5.74, 6) is -1.52. The van der Waals surface area contributed by atoms with Gasteiger partial charge in [0.25, 0.3) is 0 Å². The number of amides is 1. The number of aromatic carboxylic acids is 1. The highest BCUT2D eigenvalue weighted by atomic mass is 35.5. The molecule has 0 aromatic heterocycles. The molecule has 0 heterocycles. The molecule has 0 saturated heterocycles. The summed E-state index contributed by atoms with van der Waals surface area (Å²) in [7, 11) is 0. The van der Waals surface area contributed by atoms with E-state index in [9.17, 15) is 9.59 Å². The summed E-state index contributed by atoms with van der Waals surface area (Å²) in [6.45, 7) is 1.69. The van der Waals surface area contributed by atoms with E-state index in [0.717, 1.165) is 0 Å². The lowest BCUT2D eigenvalue weighted by Crippen LogP contribution is -2.11. The van der Waals surface area contributed by atoms with Crippen molar-refractivity contribution < 1.29 is 14.7 Å². The van der Waals surface area contributed by atoms with Crippen LogP contribution in [0.1, 0.15) is 17.3 Å². The first-order chi connectivity index (χ1) is 7.54. The second-order valence-corrected chi connectivity index (χ2v) is 3.42. The zero-order chi connectivity index (χ0) is 12.1. The topological polar surface area (TPSA) is 66.4 Å². The normalized spacial score (nSPS) is 10.4. The van der Waals surface area contributed by atoms with Gasteiger partial charge in [-0.15, -0.1) is 0 Å². The minimum atomic E-state index is -1.14. The van der Waals surface area contributed by atoms with Crippen LogP contribution in [-0.2, 0) is 4.79 Å². The molecule has 0 unspecified atom stereocenters. The fourth-order valence-corrected chi connectivity index (χ4v) is 1.30. The predicted molar refractivity (Wildman–Crippen MR) is 61.9 cm³/mol. The summed E-state index contributed by atoms with van der Waals surface area (Å²) in [6.07, 6.45) is 2.87. The fraction of sp³-hybridized carbons (Fsp3) is 0.0909. The Hall–Kier alpha value is -1.81. The van der Waals surface area contributed by atoms with E-state index in [1.165, 1.54) is 24.3 Å². The summed E-state index contributed by atoms with van der Waals surface area (Å²) in [4.78, 5) is 22.1. The molecule has 1 amide bonds. The number of carboxylic acid groups (broad SMARTS) is 1. The number of anilines is 1. The van der Waals surface area contributed by atoms with Gasteiger partial charge in [-0.2, -0.15) is 0 Å². The molecule has 0 bridgehead atoms. The summed E-state index contributed by atoms with van der Waals surface area (Å²) >= 11 is 5.67. The molecule has 5 heteroatoms. The molecular weight excluding hydrogens is 230 g/mol. The molecule has 1 aromatic rings. The van der Waals surface area contributed by atoms with Crippen LogP contribution < -0.4 is 5.32 Å². The van der Waals surface area contributed by atoms with Crippen molar-refractivity contribution in [3.8, 4) is 0 Å². The Labute approximate surface area is 97.5 Å². The molecule has 2 N–H and O–H groups in total. The molecule has 0 saturated carbocycles. The van der Waals surface area contributed by atoms with Crippen LogP contribution in [0.2, 0.25) is 5.02 Å². The highest BCUT2D eigenvalue weighted by Gasteiger charge is 2.11. The van der Waals surface area contributed by atoms with Crippen LogP contribution in [0.5, 0.6) is 0 Å². The van der Waals surface area contributed by atoms with Crippen LogP contribution >= 0.6 is 11.6 Å². The standard InChI is InChI=1S/C11H10ClNO3/c1-2-3-10(14)13-9-5-4-7(12)6-8(9)11(15)16/h2-6H,1H3,(H,13,14)(H,15,16)/b3-2+. The number of nitrogens with one attached hydrogen (secondary N) is 1. The van der Waals surface area contributed by atoms with Crippen LogP contribution in [0.3, 0.4) is 0 Å². The minimum Gasteiger partial charge on any atom is -0.478 e. The maximum atomic E-state index is 11.2. The minimum absolute atomic E-state index is 0.0367. The van der Waals surface area contributed by atoms with Crippen molar-refractivity contribution in [3.63, 3.8) is 0 Å². The summed E-state index contributed by atoms with van der Waals surface area (Å²) in [5.41, 5.74) is 0.186. The molecule has 1 rings (SSSR count). The summed E-state index contributed by atoms with van der Waals surface area (Å²) in [6, 6.07) is 4.25. The Kier molecular flexibility index (Phi) is 4.08. The van der Waals surface area contributed by atoms with Crippen molar-refractivity contribution in [2.45, 2.75) is 6.92 Å². The van der Waals surface area contributed by atoms with Crippen LogP contribution in [0.25, 0.3) is 0 Å². The monoisotopic (exact) mass is 239 g/mol. The Morgan fingerprint density at radius 1 is 1.44 bits per heavy atom. The lowest BCUT2D eigenvalue weighted by atomic mass is 10.2. The van der Waals surface area contributed by atoms with Gasteiger partial charge < -0.3 is 10.4 Å². The van der Waals surface area contributed by atoms with E-state index in [0.29, 0.717) is 5.02 Å². The zero-order valence-corrected chi connectivity index (χ0v) is 9.28. The molecule has 0 aliphatic heterocycles. The molecule has 0 fully saturated rings. The Balaban J connectivity index is 3.04. The molecule has 0 aliphatic carbocycles. The first kappa shape index (κ1) is 12.3. The molecule has 1 aromatic carbocycles. The average molecular weight is 240 g/mol. The first-order valence-electron chi connectivity index (χ1n) is 4.51. The zero-order valence-electron chi connectivity index (χ0n) is 8.53. The fourth-order valence-electron chi connectivity index (χ4n) is 1.13. The number of allylic oxidation sites excluding steroid dienone is 1. The number of benzene rings is 1. The number of carbonyl (C=O) groups excluding carboxylic acids is 1. The van der Waals surface area contributed by atoms with Gasteiger partial charge in [0.05, 0.1) is 11.3 Å². The largest absolute Gasteiger partial charge is 0.478 e. The lowest BCUT2D eigenvalue weighted by Gasteiger charge is -2.06. The van der Waals surface area contributed by atoms with Crippen LogP contribution in [0.4, 0.5) is 5.69 Å². The highest BCUT2D eigenvalue weighted by molar-refractivity contribution is 6.31. The van der Waals surface area contributed by atoms with Gasteiger partial charge >= 0.3 is 5.97 Å². The molecule has 0 aliphatic rings. The van der Waals surface area contributed by atoms with E-state index in [4.69, 9.17) is 16.7 Å². The van der Waals surface area contributed by atoms with Crippen LogP contribution in [0.15, 0.2) is 30.4 Å². The second-order valence-electron chi connectivity index (χ2n) is 2.98. The predicted octanol–water partition coefficient (Wildman–Crippen LogP) is 2.55. The number of halogens is 1. The number of rotatable bonds is 3. The van der Waals surface area contributed by atoms with Gasteiger partial charge in [0.15, 0.2) is 0 Å². The van der Waals surface area contributed by atoms with Gasteiger partial charge in [-0.3, -0.25) is 4.79 Å². The smallest absolute Gasteiger partial charge is 0.337 e. The van der Waals surface area contributed by atoms with Gasteiger partial charge in [0.2, 0.25) is 5.91 Å². The molecule has 0 atom stereocenters. The van der Waals surface area contributed by atoms with Crippen molar-refractivity contribution in [2.75, 3.05) is 5.32 Å². The summed E-state index contributed by atoms with van der Waals surface area (Å²) in [5, 5.41) is 11.7.